The van der Waals surface area contributed by atoms with Gasteiger partial charge in [-0.2, -0.15) is 0 Å². The Hall–Kier alpha value is -4.22. The maximum absolute atomic E-state index is 14.4. The van der Waals surface area contributed by atoms with E-state index in [2.05, 4.69) is 0 Å². The average molecular weight is 938 g/mol. The van der Waals surface area contributed by atoms with Crippen LogP contribution in [0, 0.1) is 11.8 Å². The van der Waals surface area contributed by atoms with Gasteiger partial charge in [-0.05, 0) is 60.7 Å². The summed E-state index contributed by atoms with van der Waals surface area (Å²) in [7, 11) is 0. The molecule has 2 aliphatic carbocycles. The lowest BCUT2D eigenvalue weighted by Gasteiger charge is -2.36. The monoisotopic (exact) mass is 934 g/mol. The van der Waals surface area contributed by atoms with Gasteiger partial charge in [-0.3, -0.25) is 19.2 Å². The van der Waals surface area contributed by atoms with E-state index in [1.54, 1.807) is 12.1 Å². The molecule has 0 bridgehead atoms. The topological polar surface area (TPSA) is 121 Å². The van der Waals surface area contributed by atoms with E-state index in [4.69, 9.17) is 103 Å². The van der Waals surface area contributed by atoms with Crippen LogP contribution in [0.2, 0.25) is 20.1 Å². The van der Waals surface area contributed by atoms with Crippen LogP contribution in [-0.4, -0.2) is 44.8 Å². The second kappa shape index (κ2) is 17.6. The SMILES string of the molecule is O=C(C1=C(Cl)C=CC(C(=O)OOC(=O)C2C=CC(Cl)=C(C(=O)c3ccccc3Cl)C2(Cl)C(=O)c2ccccc2Cl)C1(Cl)C(=O)c1ccccc1Cl)c1ccccc1Cl. The number of hydrogen-bond donors (Lipinski definition) is 0. The summed E-state index contributed by atoms with van der Waals surface area (Å²) < 4.78 is 0. The molecule has 8 nitrogen and oxygen atoms in total. The molecule has 4 unspecified atom stereocenters. The van der Waals surface area contributed by atoms with Crippen LogP contribution in [0.15, 0.2) is 143 Å². The number of allylic oxidation sites excluding steroid dienone is 6. The average Bonchev–Trinajstić information content (AvgIpc) is 3.20. The van der Waals surface area contributed by atoms with Crippen LogP contribution in [0.25, 0.3) is 0 Å². The molecule has 6 rings (SSSR count). The summed E-state index contributed by atoms with van der Waals surface area (Å²) >= 11 is 52.9. The zero-order valence-corrected chi connectivity index (χ0v) is 35.0. The summed E-state index contributed by atoms with van der Waals surface area (Å²) in [5.41, 5.74) is -1.74. The first-order valence-corrected chi connectivity index (χ1v) is 19.7. The molecule has 0 aliphatic heterocycles. The maximum Gasteiger partial charge on any atom is 0.364 e. The summed E-state index contributed by atoms with van der Waals surface area (Å²) in [6.07, 6.45) is 4.41. The Bertz CT molecular complexity index is 2390. The third kappa shape index (κ3) is 7.81. The van der Waals surface area contributed by atoms with Crippen molar-refractivity contribution in [2.24, 2.45) is 11.8 Å². The van der Waals surface area contributed by atoms with Gasteiger partial charge in [0, 0.05) is 43.5 Å². The van der Waals surface area contributed by atoms with Crippen molar-refractivity contribution >= 4 is 128 Å². The molecule has 0 radical (unpaired) electrons. The van der Waals surface area contributed by atoms with Gasteiger partial charge in [0.1, 0.15) is 11.8 Å². The number of carbonyl (C=O) groups excluding carboxylic acids is 6. The quantitative estimate of drug-likeness (QED) is 0.0667. The van der Waals surface area contributed by atoms with E-state index in [0.717, 1.165) is 24.3 Å². The van der Waals surface area contributed by atoms with Crippen molar-refractivity contribution in [3.05, 3.63) is 185 Å². The normalized spacial score (nSPS) is 21.4. The van der Waals surface area contributed by atoms with Gasteiger partial charge in [-0.15, -0.1) is 23.2 Å². The van der Waals surface area contributed by atoms with Gasteiger partial charge < -0.3 is 0 Å². The van der Waals surface area contributed by atoms with Crippen LogP contribution in [-0.2, 0) is 19.4 Å². The summed E-state index contributed by atoms with van der Waals surface area (Å²) in [6, 6.07) is 23.1. The van der Waals surface area contributed by atoms with Crippen LogP contribution in [0.3, 0.4) is 0 Å². The van der Waals surface area contributed by atoms with E-state index in [1.807, 2.05) is 0 Å². The van der Waals surface area contributed by atoms with Gasteiger partial charge in [0.2, 0.25) is 0 Å². The molecular formula is C42H22Cl8O8. The van der Waals surface area contributed by atoms with Gasteiger partial charge in [0.25, 0.3) is 0 Å². The Morgan fingerprint density at radius 2 is 0.707 bits per heavy atom. The third-order valence-corrected chi connectivity index (χ3v) is 12.4. The van der Waals surface area contributed by atoms with Crippen LogP contribution < -0.4 is 0 Å². The van der Waals surface area contributed by atoms with Crippen LogP contribution >= 0.6 is 92.8 Å². The minimum absolute atomic E-state index is 0.0192. The van der Waals surface area contributed by atoms with E-state index in [9.17, 15) is 28.8 Å². The Morgan fingerprint density at radius 3 is 1.00 bits per heavy atom. The van der Waals surface area contributed by atoms with E-state index in [0.29, 0.717) is 0 Å². The molecule has 0 spiro atoms. The predicted molar refractivity (Wildman–Crippen MR) is 223 cm³/mol. The molecule has 58 heavy (non-hydrogen) atoms. The molecule has 0 fully saturated rings. The van der Waals surface area contributed by atoms with E-state index < -0.39 is 67.8 Å². The standard InChI is InChI=1S/C42H22Cl8O8/c43-27-13-5-1-9-21(27)35(51)33-31(47)19-17-25(41(33,49)37(53)23-11-3-7-15-29(23)45)39(55)57-58-40(56)26-18-20-32(48)34(36(52)22-10-2-6-14-28(22)44)42(26,50)38(54)24-12-4-8-16-30(24)46/h1-20,25-26H. The first kappa shape index (κ1) is 43.4. The van der Waals surface area contributed by atoms with Crippen molar-refractivity contribution < 1.29 is 38.5 Å². The molecule has 4 atom stereocenters. The van der Waals surface area contributed by atoms with Gasteiger partial charge >= 0.3 is 11.9 Å². The van der Waals surface area contributed by atoms with Crippen molar-refractivity contribution in [2.45, 2.75) is 9.75 Å². The minimum atomic E-state index is -2.68. The van der Waals surface area contributed by atoms with Crippen molar-refractivity contribution in [1.29, 1.82) is 0 Å². The summed E-state index contributed by atoms with van der Waals surface area (Å²) in [4.78, 5) is 90.0. The molecule has 16 heteroatoms. The van der Waals surface area contributed by atoms with Gasteiger partial charge in [-0.1, -0.05) is 130 Å². The molecule has 0 heterocycles. The summed E-state index contributed by atoms with van der Waals surface area (Å²) in [5, 5.41) is -0.846. The summed E-state index contributed by atoms with van der Waals surface area (Å²) in [6.45, 7) is 0. The Kier molecular flexibility index (Phi) is 13.1. The number of rotatable bonds is 10. The first-order chi connectivity index (χ1) is 27.5. The fraction of sp³-hybridized carbons (Fsp3) is 0.0952. The van der Waals surface area contributed by atoms with E-state index in [1.165, 1.54) is 84.9 Å². The Morgan fingerprint density at radius 1 is 0.431 bits per heavy atom. The molecule has 294 valence electrons. The molecule has 0 saturated heterocycles. The number of carbonyl (C=O) groups is 6. The van der Waals surface area contributed by atoms with Crippen molar-refractivity contribution in [3.63, 3.8) is 0 Å². The fourth-order valence-corrected chi connectivity index (χ4v) is 8.92. The minimum Gasteiger partial charge on any atom is -0.292 e. The third-order valence-electron chi connectivity index (χ3n) is 9.24. The molecule has 0 aromatic heterocycles. The van der Waals surface area contributed by atoms with Crippen LogP contribution in [0.4, 0.5) is 0 Å². The molecule has 0 saturated carbocycles. The first-order valence-electron chi connectivity index (χ1n) is 16.7. The number of Topliss-reactive ketones (excluding diaryl/α,β-unsaturated/α-hetero) is 4. The van der Waals surface area contributed by atoms with E-state index in [-0.39, 0.29) is 52.4 Å². The maximum atomic E-state index is 14.4. The van der Waals surface area contributed by atoms with E-state index >= 15 is 0 Å². The summed E-state index contributed by atoms with van der Waals surface area (Å²) in [5.74, 6) is -10.7. The van der Waals surface area contributed by atoms with Crippen LogP contribution in [0.1, 0.15) is 41.4 Å². The largest absolute Gasteiger partial charge is 0.364 e. The smallest absolute Gasteiger partial charge is 0.292 e. The molecule has 4 aromatic rings. The zero-order valence-electron chi connectivity index (χ0n) is 29.0. The lowest BCUT2D eigenvalue weighted by atomic mass is 9.74. The van der Waals surface area contributed by atoms with Gasteiger partial charge in [0.15, 0.2) is 32.9 Å². The van der Waals surface area contributed by atoms with Crippen molar-refractivity contribution in [3.8, 4) is 0 Å². The molecule has 4 aromatic carbocycles. The number of benzene rings is 4. The Labute approximate surface area is 370 Å². The number of alkyl halides is 2. The number of halogens is 8. The van der Waals surface area contributed by atoms with Gasteiger partial charge in [-0.25, -0.2) is 19.4 Å². The Balaban J connectivity index is 1.38. The highest BCUT2D eigenvalue weighted by atomic mass is 35.5. The van der Waals surface area contributed by atoms with Crippen molar-refractivity contribution in [2.75, 3.05) is 0 Å². The van der Waals surface area contributed by atoms with Crippen LogP contribution in [0.5, 0.6) is 0 Å². The number of ketones is 4. The highest BCUT2D eigenvalue weighted by Gasteiger charge is 2.58. The lowest BCUT2D eigenvalue weighted by molar-refractivity contribution is -0.263. The molecular weight excluding hydrogens is 916 g/mol. The predicted octanol–water partition coefficient (Wildman–Crippen LogP) is 11.4. The fourth-order valence-electron chi connectivity index (χ4n) is 6.42. The molecule has 2 aliphatic rings. The zero-order chi connectivity index (χ0) is 42.1. The number of hydrogen-bond acceptors (Lipinski definition) is 8. The lowest BCUT2D eigenvalue weighted by Crippen LogP contribution is -2.51. The highest BCUT2D eigenvalue weighted by molar-refractivity contribution is 6.51. The molecule has 0 N–H and O–H groups in total. The molecule has 0 amide bonds. The second-order valence-electron chi connectivity index (χ2n) is 12.6. The second-order valence-corrected chi connectivity index (χ2v) is 16.2. The van der Waals surface area contributed by atoms with Crippen molar-refractivity contribution in [1.82, 2.24) is 0 Å². The highest BCUT2D eigenvalue weighted by Crippen LogP contribution is 2.49. The van der Waals surface area contributed by atoms with Gasteiger partial charge in [0.05, 0.1) is 20.1 Å².